The van der Waals surface area contributed by atoms with Crippen LogP contribution in [0.15, 0.2) is 45.2 Å². The molecular formula is C14H11ClO3. The fourth-order valence-electron chi connectivity index (χ4n) is 1.93. The molecule has 3 nitrogen and oxygen atoms in total. The molecule has 92 valence electrons. The summed E-state index contributed by atoms with van der Waals surface area (Å²) in [5, 5.41) is 11.3. The van der Waals surface area contributed by atoms with Crippen molar-refractivity contribution in [3.8, 4) is 0 Å². The fraction of sp³-hybridized carbons (Fsp3) is 0.143. The standard InChI is InChI=1S/C14H11ClO3/c1-8-2-3-10-9(6-8)7-12(17-10)14(16)11-4-5-13(15)18-11/h2-7,14,16H,1H3. The minimum Gasteiger partial charge on any atom is -0.458 e. The van der Waals surface area contributed by atoms with Gasteiger partial charge in [0, 0.05) is 5.39 Å². The zero-order valence-corrected chi connectivity index (χ0v) is 10.4. The molecule has 0 fully saturated rings. The summed E-state index contributed by atoms with van der Waals surface area (Å²) >= 11 is 5.68. The van der Waals surface area contributed by atoms with E-state index in [1.807, 2.05) is 31.2 Å². The van der Waals surface area contributed by atoms with Crippen LogP contribution < -0.4 is 0 Å². The maximum Gasteiger partial charge on any atom is 0.193 e. The SMILES string of the molecule is Cc1ccc2oc(C(O)c3ccc(Cl)o3)cc2c1. The first-order valence-corrected chi connectivity index (χ1v) is 5.95. The summed E-state index contributed by atoms with van der Waals surface area (Å²) in [6.45, 7) is 2.01. The molecule has 2 heterocycles. The Hall–Kier alpha value is -1.71. The van der Waals surface area contributed by atoms with Gasteiger partial charge in [0.2, 0.25) is 0 Å². The van der Waals surface area contributed by atoms with E-state index in [-0.39, 0.29) is 5.22 Å². The molecule has 1 unspecified atom stereocenters. The second-order valence-electron chi connectivity index (χ2n) is 4.23. The molecular weight excluding hydrogens is 252 g/mol. The van der Waals surface area contributed by atoms with Crippen molar-refractivity contribution in [2.75, 3.05) is 0 Å². The molecule has 0 aliphatic carbocycles. The van der Waals surface area contributed by atoms with E-state index in [4.69, 9.17) is 20.4 Å². The van der Waals surface area contributed by atoms with Gasteiger partial charge in [0.15, 0.2) is 11.3 Å². The van der Waals surface area contributed by atoms with Gasteiger partial charge in [0.1, 0.15) is 17.1 Å². The van der Waals surface area contributed by atoms with E-state index in [0.29, 0.717) is 11.5 Å². The molecule has 1 atom stereocenters. The van der Waals surface area contributed by atoms with E-state index in [1.54, 1.807) is 12.1 Å². The van der Waals surface area contributed by atoms with Crippen molar-refractivity contribution in [3.63, 3.8) is 0 Å². The quantitative estimate of drug-likeness (QED) is 0.757. The van der Waals surface area contributed by atoms with Crippen LogP contribution in [0, 0.1) is 6.92 Å². The van der Waals surface area contributed by atoms with Gasteiger partial charge < -0.3 is 13.9 Å². The van der Waals surface area contributed by atoms with Gasteiger partial charge in [-0.05, 0) is 48.9 Å². The first-order chi connectivity index (χ1) is 8.63. The molecule has 1 aromatic carbocycles. The Kier molecular flexibility index (Phi) is 2.65. The van der Waals surface area contributed by atoms with E-state index in [9.17, 15) is 5.11 Å². The Bertz CT molecular complexity index is 696. The van der Waals surface area contributed by atoms with Crippen molar-refractivity contribution >= 4 is 22.6 Å². The topological polar surface area (TPSA) is 46.5 Å². The Labute approximate surface area is 109 Å². The molecule has 0 bridgehead atoms. The minimum absolute atomic E-state index is 0.246. The van der Waals surface area contributed by atoms with Gasteiger partial charge in [-0.25, -0.2) is 0 Å². The number of benzene rings is 1. The van der Waals surface area contributed by atoms with Gasteiger partial charge >= 0.3 is 0 Å². The average molecular weight is 263 g/mol. The first-order valence-electron chi connectivity index (χ1n) is 5.57. The lowest BCUT2D eigenvalue weighted by atomic mass is 10.1. The van der Waals surface area contributed by atoms with Crippen LogP contribution in [0.1, 0.15) is 23.2 Å². The molecule has 1 N–H and O–H groups in total. The molecule has 18 heavy (non-hydrogen) atoms. The summed E-state index contributed by atoms with van der Waals surface area (Å²) < 4.78 is 10.8. The average Bonchev–Trinajstić information content (AvgIpc) is 2.93. The number of hydrogen-bond acceptors (Lipinski definition) is 3. The number of rotatable bonds is 2. The summed E-state index contributed by atoms with van der Waals surface area (Å²) in [6.07, 6.45) is -0.940. The lowest BCUT2D eigenvalue weighted by Gasteiger charge is -2.02. The van der Waals surface area contributed by atoms with E-state index < -0.39 is 6.10 Å². The third kappa shape index (κ3) is 1.92. The monoisotopic (exact) mass is 262 g/mol. The van der Waals surface area contributed by atoms with Gasteiger partial charge in [-0.15, -0.1) is 0 Å². The Morgan fingerprint density at radius 3 is 2.61 bits per heavy atom. The van der Waals surface area contributed by atoms with Gasteiger partial charge in [0.05, 0.1) is 0 Å². The largest absolute Gasteiger partial charge is 0.458 e. The predicted molar refractivity (Wildman–Crippen MR) is 68.7 cm³/mol. The second kappa shape index (κ2) is 4.19. The number of aliphatic hydroxyl groups excluding tert-OH is 1. The zero-order chi connectivity index (χ0) is 12.7. The minimum atomic E-state index is -0.940. The number of fused-ring (bicyclic) bond motifs is 1. The maximum atomic E-state index is 10.1. The zero-order valence-electron chi connectivity index (χ0n) is 9.68. The second-order valence-corrected chi connectivity index (χ2v) is 4.61. The summed E-state index contributed by atoms with van der Waals surface area (Å²) in [4.78, 5) is 0. The number of aliphatic hydroxyl groups is 1. The van der Waals surface area contributed by atoms with Crippen LogP contribution >= 0.6 is 11.6 Å². The van der Waals surface area contributed by atoms with Crippen LogP contribution in [0.5, 0.6) is 0 Å². The smallest absolute Gasteiger partial charge is 0.193 e. The number of halogens is 1. The van der Waals surface area contributed by atoms with Crippen molar-refractivity contribution in [1.82, 2.24) is 0 Å². The van der Waals surface area contributed by atoms with Crippen LogP contribution in [0.25, 0.3) is 11.0 Å². The van der Waals surface area contributed by atoms with Crippen molar-refractivity contribution in [3.05, 3.63) is 58.7 Å². The van der Waals surface area contributed by atoms with Gasteiger partial charge in [-0.2, -0.15) is 0 Å². The molecule has 3 aromatic rings. The van der Waals surface area contributed by atoms with Crippen LogP contribution in [0.3, 0.4) is 0 Å². The molecule has 3 rings (SSSR count). The third-order valence-electron chi connectivity index (χ3n) is 2.82. The van der Waals surface area contributed by atoms with Gasteiger partial charge in [-0.1, -0.05) is 11.6 Å². The van der Waals surface area contributed by atoms with E-state index in [1.165, 1.54) is 0 Å². The molecule has 0 aliphatic heterocycles. The summed E-state index contributed by atoms with van der Waals surface area (Å²) in [5.41, 5.74) is 1.89. The summed E-state index contributed by atoms with van der Waals surface area (Å²) in [6, 6.07) is 10.9. The molecule has 0 saturated carbocycles. The number of furan rings is 2. The molecule has 0 radical (unpaired) electrons. The Balaban J connectivity index is 2.03. The van der Waals surface area contributed by atoms with E-state index in [2.05, 4.69) is 0 Å². The maximum absolute atomic E-state index is 10.1. The number of hydrogen-bond donors (Lipinski definition) is 1. The van der Waals surface area contributed by atoms with E-state index >= 15 is 0 Å². The lowest BCUT2D eigenvalue weighted by molar-refractivity contribution is 0.165. The third-order valence-corrected chi connectivity index (χ3v) is 3.03. The number of aryl methyl sites for hydroxylation is 1. The molecule has 4 heteroatoms. The van der Waals surface area contributed by atoms with Crippen molar-refractivity contribution < 1.29 is 13.9 Å². The van der Waals surface area contributed by atoms with Crippen molar-refractivity contribution in [1.29, 1.82) is 0 Å². The summed E-state index contributed by atoms with van der Waals surface area (Å²) in [7, 11) is 0. The van der Waals surface area contributed by atoms with Crippen molar-refractivity contribution in [2.45, 2.75) is 13.0 Å². The lowest BCUT2D eigenvalue weighted by Crippen LogP contribution is -1.95. The highest BCUT2D eigenvalue weighted by Gasteiger charge is 2.19. The molecule has 0 amide bonds. The van der Waals surface area contributed by atoms with Crippen LogP contribution in [-0.2, 0) is 0 Å². The van der Waals surface area contributed by atoms with Gasteiger partial charge in [0.25, 0.3) is 0 Å². The Morgan fingerprint density at radius 2 is 1.89 bits per heavy atom. The van der Waals surface area contributed by atoms with Crippen LogP contribution in [0.4, 0.5) is 0 Å². The highest BCUT2D eigenvalue weighted by molar-refractivity contribution is 6.28. The molecule has 0 spiro atoms. The predicted octanol–water partition coefficient (Wildman–Crippen LogP) is 4.07. The normalized spacial score (nSPS) is 13.1. The molecule has 2 aromatic heterocycles. The molecule has 0 saturated heterocycles. The highest BCUT2D eigenvalue weighted by Crippen LogP contribution is 2.30. The first kappa shape index (κ1) is 11.4. The fourth-order valence-corrected chi connectivity index (χ4v) is 2.09. The van der Waals surface area contributed by atoms with Crippen LogP contribution in [-0.4, -0.2) is 5.11 Å². The molecule has 0 aliphatic rings. The van der Waals surface area contributed by atoms with Crippen LogP contribution in [0.2, 0.25) is 5.22 Å². The summed E-state index contributed by atoms with van der Waals surface area (Å²) in [5.74, 6) is 0.817. The Morgan fingerprint density at radius 1 is 1.06 bits per heavy atom. The van der Waals surface area contributed by atoms with Crippen molar-refractivity contribution in [2.24, 2.45) is 0 Å². The van der Waals surface area contributed by atoms with Gasteiger partial charge in [-0.3, -0.25) is 0 Å². The highest BCUT2D eigenvalue weighted by atomic mass is 35.5. The van der Waals surface area contributed by atoms with E-state index in [0.717, 1.165) is 16.5 Å².